The maximum atomic E-state index is 11.1. The lowest BCUT2D eigenvalue weighted by atomic mass is 10.2. The average Bonchev–Trinajstić information content (AvgIpc) is 2.77. The number of hydrogen-bond acceptors (Lipinski definition) is 4. The third-order valence-corrected chi connectivity index (χ3v) is 3.29. The van der Waals surface area contributed by atoms with Gasteiger partial charge >= 0.3 is 5.97 Å². The van der Waals surface area contributed by atoms with Crippen molar-refractivity contribution >= 4 is 17.0 Å². The number of nitrogens with zero attached hydrogens (tertiary/aromatic N) is 2. The van der Waals surface area contributed by atoms with Gasteiger partial charge in [0, 0.05) is 20.3 Å². The standard InChI is InChI=1S/C15H20N2O4/c1-11-16-13-5-4-12(15(18)19)10-14(13)17(11)6-3-7-21-9-8-20-2/h4-5,10H,3,6-9H2,1-2H3,(H,18,19). The van der Waals surface area contributed by atoms with Crippen molar-refractivity contribution in [3.8, 4) is 0 Å². The summed E-state index contributed by atoms with van der Waals surface area (Å²) < 4.78 is 12.4. The summed E-state index contributed by atoms with van der Waals surface area (Å²) >= 11 is 0. The monoisotopic (exact) mass is 292 g/mol. The lowest BCUT2D eigenvalue weighted by Gasteiger charge is -2.08. The second-order valence-electron chi connectivity index (χ2n) is 4.78. The van der Waals surface area contributed by atoms with E-state index in [1.807, 2.05) is 11.5 Å². The van der Waals surface area contributed by atoms with Crippen molar-refractivity contribution in [3.05, 3.63) is 29.6 Å². The molecule has 0 spiro atoms. The summed E-state index contributed by atoms with van der Waals surface area (Å²) in [6.07, 6.45) is 0.841. The maximum Gasteiger partial charge on any atom is 0.335 e. The first-order valence-electron chi connectivity index (χ1n) is 6.90. The third-order valence-electron chi connectivity index (χ3n) is 3.29. The molecule has 2 rings (SSSR count). The minimum atomic E-state index is -0.926. The van der Waals surface area contributed by atoms with Gasteiger partial charge in [0.25, 0.3) is 0 Å². The van der Waals surface area contributed by atoms with E-state index in [0.29, 0.717) is 19.8 Å². The Morgan fingerprint density at radius 2 is 2.14 bits per heavy atom. The molecule has 1 aromatic carbocycles. The Hall–Kier alpha value is -1.92. The minimum absolute atomic E-state index is 0.278. The number of rotatable bonds is 8. The molecule has 6 heteroatoms. The summed E-state index contributed by atoms with van der Waals surface area (Å²) in [5.74, 6) is -0.0466. The maximum absolute atomic E-state index is 11.1. The van der Waals surface area contributed by atoms with E-state index in [1.54, 1.807) is 25.3 Å². The average molecular weight is 292 g/mol. The van der Waals surface area contributed by atoms with Crippen LogP contribution in [0, 0.1) is 6.92 Å². The van der Waals surface area contributed by atoms with Crippen LogP contribution in [0.1, 0.15) is 22.6 Å². The second-order valence-corrected chi connectivity index (χ2v) is 4.78. The fraction of sp³-hybridized carbons (Fsp3) is 0.467. The van der Waals surface area contributed by atoms with Crippen molar-refractivity contribution in [1.29, 1.82) is 0 Å². The molecule has 1 heterocycles. The Kier molecular flexibility index (Phi) is 5.30. The van der Waals surface area contributed by atoms with E-state index in [2.05, 4.69) is 4.98 Å². The third kappa shape index (κ3) is 3.80. The van der Waals surface area contributed by atoms with E-state index in [-0.39, 0.29) is 5.56 Å². The summed E-state index contributed by atoms with van der Waals surface area (Å²) in [6.45, 7) is 4.49. The van der Waals surface area contributed by atoms with Crippen LogP contribution in [-0.2, 0) is 16.0 Å². The number of aromatic carboxylic acids is 1. The first kappa shape index (κ1) is 15.5. The summed E-state index contributed by atoms with van der Waals surface area (Å²) in [5, 5.41) is 9.08. The molecule has 0 radical (unpaired) electrons. The zero-order chi connectivity index (χ0) is 15.2. The molecule has 0 atom stereocenters. The molecule has 0 unspecified atom stereocenters. The van der Waals surface area contributed by atoms with Gasteiger partial charge in [0.1, 0.15) is 5.82 Å². The highest BCUT2D eigenvalue weighted by Crippen LogP contribution is 2.18. The smallest absolute Gasteiger partial charge is 0.335 e. The van der Waals surface area contributed by atoms with Crippen molar-refractivity contribution in [2.24, 2.45) is 0 Å². The predicted octanol–water partition coefficient (Wildman–Crippen LogP) is 2.10. The fourth-order valence-corrected chi connectivity index (χ4v) is 2.23. The molecular formula is C15H20N2O4. The molecule has 0 fully saturated rings. The van der Waals surface area contributed by atoms with Gasteiger partial charge < -0.3 is 19.1 Å². The summed E-state index contributed by atoms with van der Waals surface area (Å²) in [4.78, 5) is 15.5. The number of methoxy groups -OCH3 is 1. The number of carbonyl (C=O) groups is 1. The number of aryl methyl sites for hydroxylation is 2. The molecule has 0 aliphatic heterocycles. The minimum Gasteiger partial charge on any atom is -0.478 e. The highest BCUT2D eigenvalue weighted by Gasteiger charge is 2.10. The molecule has 0 amide bonds. The molecule has 6 nitrogen and oxygen atoms in total. The molecule has 0 aliphatic rings. The summed E-state index contributed by atoms with van der Waals surface area (Å²) in [7, 11) is 1.64. The van der Waals surface area contributed by atoms with Crippen LogP contribution in [0.15, 0.2) is 18.2 Å². The second kappa shape index (κ2) is 7.19. The van der Waals surface area contributed by atoms with E-state index < -0.39 is 5.97 Å². The number of carboxylic acid groups (broad SMARTS) is 1. The lowest BCUT2D eigenvalue weighted by Crippen LogP contribution is -2.07. The molecule has 21 heavy (non-hydrogen) atoms. The van der Waals surface area contributed by atoms with Crippen molar-refractivity contribution < 1.29 is 19.4 Å². The Morgan fingerprint density at radius 1 is 1.33 bits per heavy atom. The highest BCUT2D eigenvalue weighted by molar-refractivity contribution is 5.92. The van der Waals surface area contributed by atoms with E-state index in [1.165, 1.54) is 0 Å². The Labute approximate surface area is 123 Å². The summed E-state index contributed by atoms with van der Waals surface area (Å²) in [6, 6.07) is 5.00. The molecule has 114 valence electrons. The quantitative estimate of drug-likeness (QED) is 0.754. The van der Waals surface area contributed by atoms with Gasteiger partial charge in [0.2, 0.25) is 0 Å². The van der Waals surface area contributed by atoms with Gasteiger partial charge in [-0.3, -0.25) is 0 Å². The van der Waals surface area contributed by atoms with Gasteiger partial charge in [-0.05, 0) is 31.5 Å². The van der Waals surface area contributed by atoms with Crippen LogP contribution in [0.5, 0.6) is 0 Å². The van der Waals surface area contributed by atoms with Crippen LogP contribution >= 0.6 is 0 Å². The zero-order valence-corrected chi connectivity index (χ0v) is 12.3. The van der Waals surface area contributed by atoms with Gasteiger partial charge in [0.05, 0.1) is 29.8 Å². The van der Waals surface area contributed by atoms with E-state index >= 15 is 0 Å². The van der Waals surface area contributed by atoms with Gasteiger partial charge in [-0.25, -0.2) is 9.78 Å². The Morgan fingerprint density at radius 3 is 2.86 bits per heavy atom. The van der Waals surface area contributed by atoms with Gasteiger partial charge in [0.15, 0.2) is 0 Å². The zero-order valence-electron chi connectivity index (χ0n) is 12.3. The first-order valence-corrected chi connectivity index (χ1v) is 6.90. The highest BCUT2D eigenvalue weighted by atomic mass is 16.5. The van der Waals surface area contributed by atoms with Crippen LogP contribution in [0.3, 0.4) is 0 Å². The van der Waals surface area contributed by atoms with E-state index in [4.69, 9.17) is 14.6 Å². The Bertz CT molecular complexity index is 621. The summed E-state index contributed by atoms with van der Waals surface area (Å²) in [5.41, 5.74) is 1.95. The molecule has 2 aromatic rings. The number of benzene rings is 1. The number of carboxylic acids is 1. The predicted molar refractivity (Wildman–Crippen MR) is 78.7 cm³/mol. The Balaban J connectivity index is 2.06. The molecule has 0 saturated carbocycles. The van der Waals surface area contributed by atoms with Crippen LogP contribution < -0.4 is 0 Å². The number of ether oxygens (including phenoxy) is 2. The topological polar surface area (TPSA) is 73.6 Å². The van der Waals surface area contributed by atoms with E-state index in [0.717, 1.165) is 29.8 Å². The van der Waals surface area contributed by atoms with Gasteiger partial charge in [-0.2, -0.15) is 0 Å². The lowest BCUT2D eigenvalue weighted by molar-refractivity contribution is 0.0680. The molecule has 1 aromatic heterocycles. The number of aromatic nitrogens is 2. The van der Waals surface area contributed by atoms with Crippen LogP contribution in [0.4, 0.5) is 0 Å². The van der Waals surface area contributed by atoms with Crippen molar-refractivity contribution in [2.75, 3.05) is 26.9 Å². The number of imidazole rings is 1. The number of fused-ring (bicyclic) bond motifs is 1. The first-order chi connectivity index (χ1) is 10.1. The van der Waals surface area contributed by atoms with Gasteiger partial charge in [-0.15, -0.1) is 0 Å². The molecule has 0 aliphatic carbocycles. The largest absolute Gasteiger partial charge is 0.478 e. The fourth-order valence-electron chi connectivity index (χ4n) is 2.23. The molecular weight excluding hydrogens is 272 g/mol. The molecule has 0 bridgehead atoms. The van der Waals surface area contributed by atoms with Crippen molar-refractivity contribution in [2.45, 2.75) is 19.9 Å². The van der Waals surface area contributed by atoms with E-state index in [9.17, 15) is 4.79 Å². The molecule has 1 N–H and O–H groups in total. The van der Waals surface area contributed by atoms with Crippen molar-refractivity contribution in [1.82, 2.24) is 9.55 Å². The van der Waals surface area contributed by atoms with Crippen molar-refractivity contribution in [3.63, 3.8) is 0 Å². The SMILES string of the molecule is COCCOCCCn1c(C)nc2ccc(C(=O)O)cc21. The van der Waals surface area contributed by atoms with Crippen LogP contribution in [-0.4, -0.2) is 47.6 Å². The normalized spacial score (nSPS) is 11.1. The number of hydrogen-bond donors (Lipinski definition) is 1. The van der Waals surface area contributed by atoms with Crippen LogP contribution in [0.25, 0.3) is 11.0 Å². The molecule has 0 saturated heterocycles. The van der Waals surface area contributed by atoms with Gasteiger partial charge in [-0.1, -0.05) is 0 Å². The van der Waals surface area contributed by atoms with Crippen LogP contribution in [0.2, 0.25) is 0 Å².